The van der Waals surface area contributed by atoms with Crippen molar-refractivity contribution >= 4 is 31.8 Å². The van der Waals surface area contributed by atoms with E-state index in [1.807, 2.05) is 0 Å². The molecule has 0 radical (unpaired) electrons. The highest BCUT2D eigenvalue weighted by atomic mass is 31.2. The van der Waals surface area contributed by atoms with Crippen LogP contribution in [0.25, 0.3) is 0 Å². The monoisotopic (exact) mass is 386 g/mol. The van der Waals surface area contributed by atoms with Crippen LogP contribution in [0.3, 0.4) is 0 Å². The minimum Gasteiger partial charge on any atom is -0.0842 e. The van der Waals surface area contributed by atoms with E-state index < -0.39 is 0 Å². The molecule has 27 heavy (non-hydrogen) atoms. The van der Waals surface area contributed by atoms with Gasteiger partial charge in [-0.1, -0.05) is 109 Å². The molecular weight excluding hydrogens is 362 g/mol. The standard InChI is InChI=1S/C25H24P2/c1-5-13-22(14-6-1)26(23-15-7-2-8-16-23)21-27(24-17-9-3-10-18-24)25-19-11-4-12-20-25/h1-11,13-19H,12,20-21H2. The van der Waals surface area contributed by atoms with Crippen molar-refractivity contribution in [1.82, 2.24) is 0 Å². The second-order valence-electron chi connectivity index (χ2n) is 6.63. The van der Waals surface area contributed by atoms with Crippen molar-refractivity contribution in [3.8, 4) is 0 Å². The molecule has 0 nitrogen and oxygen atoms in total. The number of hydrogen-bond donors (Lipinski definition) is 0. The van der Waals surface area contributed by atoms with Crippen molar-refractivity contribution in [2.45, 2.75) is 12.8 Å². The van der Waals surface area contributed by atoms with Crippen LogP contribution in [0, 0.1) is 0 Å². The van der Waals surface area contributed by atoms with E-state index in [9.17, 15) is 0 Å². The summed E-state index contributed by atoms with van der Waals surface area (Å²) in [5.41, 5.74) is 0. The average molecular weight is 386 g/mol. The molecule has 134 valence electrons. The smallest absolute Gasteiger partial charge is 0.00375 e. The van der Waals surface area contributed by atoms with E-state index in [0.717, 1.165) is 0 Å². The molecule has 0 fully saturated rings. The Morgan fingerprint density at radius 2 is 1.07 bits per heavy atom. The lowest BCUT2D eigenvalue weighted by molar-refractivity contribution is 1.02. The van der Waals surface area contributed by atoms with Gasteiger partial charge in [-0.15, -0.1) is 0 Å². The van der Waals surface area contributed by atoms with E-state index in [0.29, 0.717) is 0 Å². The lowest BCUT2D eigenvalue weighted by atomic mass is 10.2. The average Bonchev–Trinajstić information content (AvgIpc) is 2.77. The van der Waals surface area contributed by atoms with E-state index in [4.69, 9.17) is 0 Å². The Balaban J connectivity index is 1.74. The molecule has 0 saturated carbocycles. The normalized spacial score (nSPS) is 14.8. The first kappa shape index (κ1) is 18.4. The second kappa shape index (κ2) is 9.27. The van der Waals surface area contributed by atoms with Gasteiger partial charge in [-0.2, -0.15) is 0 Å². The molecule has 1 unspecified atom stereocenters. The molecule has 0 spiro atoms. The van der Waals surface area contributed by atoms with Crippen LogP contribution in [0.5, 0.6) is 0 Å². The third-order valence-corrected chi connectivity index (χ3v) is 10.9. The Bertz CT molecular complexity index is 859. The third kappa shape index (κ3) is 4.65. The fourth-order valence-electron chi connectivity index (χ4n) is 3.43. The fourth-order valence-corrected chi connectivity index (χ4v) is 10.1. The Morgan fingerprint density at radius 1 is 0.593 bits per heavy atom. The largest absolute Gasteiger partial charge is 0.0842 e. The van der Waals surface area contributed by atoms with Crippen molar-refractivity contribution in [3.05, 3.63) is 115 Å². The van der Waals surface area contributed by atoms with Crippen LogP contribution in [0.15, 0.2) is 115 Å². The quantitative estimate of drug-likeness (QED) is 0.448. The van der Waals surface area contributed by atoms with Gasteiger partial charge in [-0.25, -0.2) is 0 Å². The van der Waals surface area contributed by atoms with Gasteiger partial charge in [0, 0.05) is 5.90 Å². The molecule has 2 heteroatoms. The molecule has 0 saturated heterocycles. The van der Waals surface area contributed by atoms with E-state index in [2.05, 4.69) is 109 Å². The van der Waals surface area contributed by atoms with Gasteiger partial charge in [0.2, 0.25) is 0 Å². The van der Waals surface area contributed by atoms with E-state index in [1.54, 1.807) is 5.31 Å². The summed E-state index contributed by atoms with van der Waals surface area (Å²) in [6, 6.07) is 33.4. The van der Waals surface area contributed by atoms with Crippen LogP contribution >= 0.6 is 15.8 Å². The summed E-state index contributed by atoms with van der Waals surface area (Å²) < 4.78 is 0. The summed E-state index contributed by atoms with van der Waals surface area (Å²) in [6.07, 6.45) is 9.30. The fraction of sp³-hybridized carbons (Fsp3) is 0.120. The molecular formula is C25H24P2. The molecule has 1 aliphatic rings. The molecule has 3 aromatic carbocycles. The molecule has 0 bridgehead atoms. The second-order valence-corrected chi connectivity index (χ2v) is 11.6. The maximum Gasteiger partial charge on any atom is 0.00375 e. The van der Waals surface area contributed by atoms with Crippen molar-refractivity contribution in [1.29, 1.82) is 0 Å². The molecule has 0 amide bonds. The van der Waals surface area contributed by atoms with Crippen molar-refractivity contribution in [2.75, 3.05) is 5.90 Å². The predicted molar refractivity (Wildman–Crippen MR) is 123 cm³/mol. The first-order valence-electron chi connectivity index (χ1n) is 9.48. The molecule has 1 aliphatic carbocycles. The van der Waals surface area contributed by atoms with Crippen LogP contribution in [-0.2, 0) is 0 Å². The van der Waals surface area contributed by atoms with Crippen LogP contribution in [0.1, 0.15) is 12.8 Å². The van der Waals surface area contributed by atoms with Crippen molar-refractivity contribution < 1.29 is 0 Å². The number of hydrogen-bond acceptors (Lipinski definition) is 0. The summed E-state index contributed by atoms with van der Waals surface area (Å²) in [7, 11) is -0.697. The summed E-state index contributed by atoms with van der Waals surface area (Å²) >= 11 is 0. The zero-order chi connectivity index (χ0) is 18.3. The number of allylic oxidation sites excluding steroid dienone is 4. The minimum absolute atomic E-state index is 0.322. The highest BCUT2D eigenvalue weighted by molar-refractivity contribution is 7.87. The summed E-state index contributed by atoms with van der Waals surface area (Å²) in [6.45, 7) is 0. The van der Waals surface area contributed by atoms with Gasteiger partial charge in [0.1, 0.15) is 0 Å². The molecule has 3 aromatic rings. The lowest BCUT2D eigenvalue weighted by Gasteiger charge is -2.28. The molecule has 0 heterocycles. The van der Waals surface area contributed by atoms with Gasteiger partial charge in [-0.3, -0.25) is 0 Å². The van der Waals surface area contributed by atoms with Crippen LogP contribution in [0.2, 0.25) is 0 Å². The summed E-state index contributed by atoms with van der Waals surface area (Å²) in [4.78, 5) is 0. The van der Waals surface area contributed by atoms with Gasteiger partial charge < -0.3 is 0 Å². The molecule has 0 aromatic heterocycles. The zero-order valence-electron chi connectivity index (χ0n) is 15.4. The topological polar surface area (TPSA) is 0 Å². The Hall–Kier alpha value is -2.00. The first-order chi connectivity index (χ1) is 13.4. The van der Waals surface area contributed by atoms with Gasteiger partial charge in [0.25, 0.3) is 0 Å². The summed E-state index contributed by atoms with van der Waals surface area (Å²) in [5, 5.41) is 6.11. The van der Waals surface area contributed by atoms with Gasteiger partial charge in [0.15, 0.2) is 0 Å². The van der Waals surface area contributed by atoms with Gasteiger partial charge in [0.05, 0.1) is 0 Å². The number of rotatable bonds is 6. The molecule has 1 atom stereocenters. The molecule has 0 aliphatic heterocycles. The predicted octanol–water partition coefficient (Wildman–Crippen LogP) is 6.12. The highest BCUT2D eigenvalue weighted by Gasteiger charge is 2.23. The zero-order valence-corrected chi connectivity index (χ0v) is 17.2. The first-order valence-corrected chi connectivity index (χ1v) is 12.5. The Kier molecular flexibility index (Phi) is 6.31. The Morgan fingerprint density at radius 3 is 1.52 bits per heavy atom. The molecule has 4 rings (SSSR count). The van der Waals surface area contributed by atoms with Crippen LogP contribution < -0.4 is 15.9 Å². The Labute approximate surface area is 165 Å². The minimum atomic E-state index is -0.375. The van der Waals surface area contributed by atoms with E-state index in [-0.39, 0.29) is 15.8 Å². The van der Waals surface area contributed by atoms with Crippen molar-refractivity contribution in [2.24, 2.45) is 0 Å². The van der Waals surface area contributed by atoms with E-state index in [1.165, 1.54) is 34.7 Å². The summed E-state index contributed by atoms with van der Waals surface area (Å²) in [5.74, 6) is 1.22. The van der Waals surface area contributed by atoms with E-state index >= 15 is 0 Å². The molecule has 0 N–H and O–H groups in total. The van der Waals surface area contributed by atoms with Crippen molar-refractivity contribution in [3.63, 3.8) is 0 Å². The van der Waals surface area contributed by atoms with Gasteiger partial charge >= 0.3 is 0 Å². The maximum absolute atomic E-state index is 2.38. The lowest BCUT2D eigenvalue weighted by Crippen LogP contribution is -2.16. The maximum atomic E-state index is 2.38. The highest BCUT2D eigenvalue weighted by Crippen LogP contribution is 2.55. The van der Waals surface area contributed by atoms with Crippen LogP contribution in [-0.4, -0.2) is 5.90 Å². The number of benzene rings is 3. The van der Waals surface area contributed by atoms with Crippen LogP contribution in [0.4, 0.5) is 0 Å². The van der Waals surface area contributed by atoms with Gasteiger partial charge in [-0.05, 0) is 49.9 Å². The third-order valence-electron chi connectivity index (χ3n) is 4.82. The SMILES string of the molecule is C1=CCCC(P(CP(c2ccccc2)c2ccccc2)c2ccccc2)=C1.